The van der Waals surface area contributed by atoms with Crippen LogP contribution in [0, 0.1) is 5.92 Å². The number of anilines is 1. The Balaban J connectivity index is 1.31. The second-order valence-corrected chi connectivity index (χ2v) is 9.52. The van der Waals surface area contributed by atoms with Gasteiger partial charge in [0.05, 0.1) is 24.8 Å². The van der Waals surface area contributed by atoms with Crippen molar-refractivity contribution in [3.8, 4) is 5.75 Å². The Bertz CT molecular complexity index is 1150. The first-order chi connectivity index (χ1) is 17.5. The van der Waals surface area contributed by atoms with Crippen LogP contribution in [0.15, 0.2) is 84.9 Å². The summed E-state index contributed by atoms with van der Waals surface area (Å²) in [5.74, 6) is 0.349. The van der Waals surface area contributed by atoms with Crippen LogP contribution in [-0.4, -0.2) is 47.6 Å². The fourth-order valence-corrected chi connectivity index (χ4v) is 5.68. The molecule has 1 unspecified atom stereocenters. The van der Waals surface area contributed by atoms with Crippen LogP contribution in [0.3, 0.4) is 0 Å². The van der Waals surface area contributed by atoms with Crippen LogP contribution in [0.5, 0.6) is 5.75 Å². The highest BCUT2D eigenvalue weighted by atomic mass is 16.5. The summed E-state index contributed by atoms with van der Waals surface area (Å²) in [6, 6.07) is 26.3. The SMILES string of the molecule is CCOc1ccc(N2C(=O)CC(N3CCC(C(O)(c4ccccc4)c4ccccc4)CC3)C2=O)cc1. The second kappa shape index (κ2) is 10.2. The van der Waals surface area contributed by atoms with Gasteiger partial charge in [-0.25, -0.2) is 4.90 Å². The molecule has 0 saturated carbocycles. The maximum atomic E-state index is 13.3. The lowest BCUT2D eigenvalue weighted by Crippen LogP contribution is -2.49. The summed E-state index contributed by atoms with van der Waals surface area (Å²) in [5.41, 5.74) is 1.22. The predicted octanol–water partition coefficient (Wildman–Crippen LogP) is 4.37. The Morgan fingerprint density at radius 2 is 1.42 bits per heavy atom. The normalized spacial score (nSPS) is 19.6. The molecule has 3 aromatic carbocycles. The molecule has 36 heavy (non-hydrogen) atoms. The lowest BCUT2D eigenvalue weighted by Gasteiger charge is -2.43. The van der Waals surface area contributed by atoms with Crippen LogP contribution < -0.4 is 9.64 Å². The van der Waals surface area contributed by atoms with Crippen molar-refractivity contribution in [2.75, 3.05) is 24.6 Å². The number of benzene rings is 3. The van der Waals surface area contributed by atoms with E-state index < -0.39 is 11.6 Å². The third kappa shape index (κ3) is 4.43. The number of piperidine rings is 1. The van der Waals surface area contributed by atoms with Gasteiger partial charge in [-0.2, -0.15) is 0 Å². The molecule has 5 rings (SSSR count). The summed E-state index contributed by atoms with van der Waals surface area (Å²) in [4.78, 5) is 29.6. The molecule has 6 nitrogen and oxygen atoms in total. The van der Waals surface area contributed by atoms with Crippen molar-refractivity contribution in [3.63, 3.8) is 0 Å². The van der Waals surface area contributed by atoms with Crippen LogP contribution in [-0.2, 0) is 15.2 Å². The Labute approximate surface area is 212 Å². The largest absolute Gasteiger partial charge is 0.494 e. The molecule has 3 aromatic rings. The van der Waals surface area contributed by atoms with Gasteiger partial charge in [-0.15, -0.1) is 0 Å². The van der Waals surface area contributed by atoms with Gasteiger partial charge in [0.1, 0.15) is 11.4 Å². The first kappa shape index (κ1) is 24.2. The number of amides is 2. The number of likely N-dealkylation sites (tertiary alicyclic amines) is 1. The van der Waals surface area contributed by atoms with Gasteiger partial charge in [-0.05, 0) is 74.2 Å². The van der Waals surface area contributed by atoms with Gasteiger partial charge in [0.25, 0.3) is 5.91 Å². The van der Waals surface area contributed by atoms with E-state index in [1.807, 2.05) is 67.6 Å². The summed E-state index contributed by atoms with van der Waals surface area (Å²) in [7, 11) is 0. The molecule has 0 bridgehead atoms. The zero-order valence-electron chi connectivity index (χ0n) is 20.5. The highest BCUT2D eigenvalue weighted by Crippen LogP contribution is 2.42. The lowest BCUT2D eigenvalue weighted by atomic mass is 9.72. The Morgan fingerprint density at radius 1 is 0.861 bits per heavy atom. The monoisotopic (exact) mass is 484 g/mol. The van der Waals surface area contributed by atoms with Crippen molar-refractivity contribution >= 4 is 17.5 Å². The van der Waals surface area contributed by atoms with Crippen LogP contribution in [0.25, 0.3) is 0 Å². The lowest BCUT2D eigenvalue weighted by molar-refractivity contribution is -0.123. The summed E-state index contributed by atoms with van der Waals surface area (Å²) in [6.45, 7) is 3.76. The van der Waals surface area contributed by atoms with E-state index in [-0.39, 0.29) is 24.2 Å². The number of rotatable bonds is 7. The van der Waals surface area contributed by atoms with Crippen LogP contribution in [0.2, 0.25) is 0 Å². The molecular formula is C30H32N2O4. The molecule has 0 aromatic heterocycles. The number of imide groups is 1. The standard InChI is InChI=1S/C30H32N2O4/c1-2-36-26-15-13-25(14-16-26)32-28(33)21-27(29(32)34)31-19-17-24(18-20-31)30(35,22-9-5-3-6-10-22)23-11-7-4-8-12-23/h3-16,24,27,35H,2,17-21H2,1H3. The molecule has 6 heteroatoms. The number of ether oxygens (including phenoxy) is 1. The Hall–Kier alpha value is -3.48. The van der Waals surface area contributed by atoms with E-state index in [2.05, 4.69) is 4.90 Å². The average Bonchev–Trinajstić information content (AvgIpc) is 3.23. The van der Waals surface area contributed by atoms with Gasteiger partial charge >= 0.3 is 0 Å². The summed E-state index contributed by atoms with van der Waals surface area (Å²) >= 11 is 0. The van der Waals surface area contributed by atoms with E-state index in [0.29, 0.717) is 31.1 Å². The van der Waals surface area contributed by atoms with Crippen molar-refractivity contribution in [3.05, 3.63) is 96.1 Å². The highest BCUT2D eigenvalue weighted by molar-refractivity contribution is 6.22. The molecule has 186 valence electrons. The molecular weight excluding hydrogens is 452 g/mol. The van der Waals surface area contributed by atoms with Crippen molar-refractivity contribution in [2.24, 2.45) is 5.92 Å². The first-order valence-corrected chi connectivity index (χ1v) is 12.7. The second-order valence-electron chi connectivity index (χ2n) is 9.52. The van der Waals surface area contributed by atoms with E-state index in [1.54, 1.807) is 24.3 Å². The van der Waals surface area contributed by atoms with Crippen molar-refractivity contribution in [1.82, 2.24) is 4.90 Å². The van der Waals surface area contributed by atoms with Gasteiger partial charge in [-0.1, -0.05) is 60.7 Å². The van der Waals surface area contributed by atoms with E-state index in [0.717, 1.165) is 24.0 Å². The number of nitrogens with zero attached hydrogens (tertiary/aromatic N) is 2. The van der Waals surface area contributed by atoms with Crippen molar-refractivity contribution < 1.29 is 19.4 Å². The topological polar surface area (TPSA) is 70.1 Å². The van der Waals surface area contributed by atoms with Crippen molar-refractivity contribution in [2.45, 2.75) is 37.8 Å². The predicted molar refractivity (Wildman–Crippen MR) is 139 cm³/mol. The Morgan fingerprint density at radius 3 is 1.94 bits per heavy atom. The maximum Gasteiger partial charge on any atom is 0.251 e. The smallest absolute Gasteiger partial charge is 0.251 e. The molecule has 0 spiro atoms. The summed E-state index contributed by atoms with van der Waals surface area (Å²) in [5, 5.41) is 12.1. The summed E-state index contributed by atoms with van der Waals surface area (Å²) < 4.78 is 5.48. The zero-order chi connectivity index (χ0) is 25.1. The molecule has 0 radical (unpaired) electrons. The van der Waals surface area contributed by atoms with Crippen LogP contribution >= 0.6 is 0 Å². The number of hydrogen-bond acceptors (Lipinski definition) is 5. The van der Waals surface area contributed by atoms with E-state index in [4.69, 9.17) is 4.74 Å². The minimum absolute atomic E-state index is 0.00651. The minimum atomic E-state index is -1.11. The fraction of sp³-hybridized carbons (Fsp3) is 0.333. The van der Waals surface area contributed by atoms with Crippen molar-refractivity contribution in [1.29, 1.82) is 0 Å². The minimum Gasteiger partial charge on any atom is -0.494 e. The third-order valence-electron chi connectivity index (χ3n) is 7.52. The zero-order valence-corrected chi connectivity index (χ0v) is 20.5. The van der Waals surface area contributed by atoms with Gasteiger partial charge < -0.3 is 9.84 Å². The number of aliphatic hydroxyl groups is 1. The maximum absolute atomic E-state index is 13.3. The Kier molecular flexibility index (Phi) is 6.90. The molecule has 2 fully saturated rings. The quantitative estimate of drug-likeness (QED) is 0.505. The van der Waals surface area contributed by atoms with Gasteiger partial charge in [0.15, 0.2) is 0 Å². The first-order valence-electron chi connectivity index (χ1n) is 12.7. The third-order valence-corrected chi connectivity index (χ3v) is 7.52. The average molecular weight is 485 g/mol. The molecule has 2 aliphatic rings. The molecule has 2 heterocycles. The molecule has 2 saturated heterocycles. The number of carbonyl (C=O) groups is 2. The summed E-state index contributed by atoms with van der Waals surface area (Å²) in [6.07, 6.45) is 1.63. The highest BCUT2D eigenvalue weighted by Gasteiger charge is 2.46. The molecule has 2 amide bonds. The number of carbonyl (C=O) groups excluding carboxylic acids is 2. The molecule has 1 atom stereocenters. The van der Waals surface area contributed by atoms with E-state index in [1.165, 1.54) is 4.90 Å². The molecule has 2 aliphatic heterocycles. The van der Waals surface area contributed by atoms with Gasteiger partial charge in [0, 0.05) is 0 Å². The van der Waals surface area contributed by atoms with Gasteiger partial charge in [-0.3, -0.25) is 14.5 Å². The van der Waals surface area contributed by atoms with Gasteiger partial charge in [0.2, 0.25) is 5.91 Å². The molecule has 1 N–H and O–H groups in total. The van der Waals surface area contributed by atoms with Crippen LogP contribution in [0.1, 0.15) is 37.3 Å². The van der Waals surface area contributed by atoms with E-state index in [9.17, 15) is 14.7 Å². The number of hydrogen-bond donors (Lipinski definition) is 1. The van der Waals surface area contributed by atoms with E-state index >= 15 is 0 Å². The van der Waals surface area contributed by atoms with Crippen LogP contribution in [0.4, 0.5) is 5.69 Å². The molecule has 0 aliphatic carbocycles. The fourth-order valence-electron chi connectivity index (χ4n) is 5.68.